The van der Waals surface area contributed by atoms with Crippen molar-refractivity contribution in [3.05, 3.63) is 36.7 Å². The molecule has 90 valence electrons. The lowest BCUT2D eigenvalue weighted by molar-refractivity contribution is 0.413. The van der Waals surface area contributed by atoms with E-state index in [1.54, 1.807) is 12.1 Å². The van der Waals surface area contributed by atoms with Gasteiger partial charge in [0.1, 0.15) is 5.75 Å². The quantitative estimate of drug-likeness (QED) is 0.858. The summed E-state index contributed by atoms with van der Waals surface area (Å²) in [5.74, 6) is 0.653. The summed E-state index contributed by atoms with van der Waals surface area (Å²) >= 11 is 0. The molecule has 7 heteroatoms. The molecule has 1 heterocycles. The Labute approximate surface area is 98.7 Å². The predicted molar refractivity (Wildman–Crippen MR) is 62.4 cm³/mol. The fraction of sp³-hybridized carbons (Fsp3) is 0.100. The molecular weight excluding hydrogens is 242 g/mol. The highest BCUT2D eigenvalue weighted by molar-refractivity contribution is 7.92. The van der Waals surface area contributed by atoms with Crippen LogP contribution >= 0.6 is 0 Å². The Kier molecular flexibility index (Phi) is 3.01. The molecule has 2 rings (SSSR count). The molecule has 2 N–H and O–H groups in total. The van der Waals surface area contributed by atoms with E-state index in [1.165, 1.54) is 31.6 Å². The fourth-order valence-electron chi connectivity index (χ4n) is 1.28. The van der Waals surface area contributed by atoms with Crippen LogP contribution in [0.15, 0.2) is 41.6 Å². The van der Waals surface area contributed by atoms with Crippen molar-refractivity contribution >= 4 is 16.0 Å². The molecule has 2 aromatic rings. The first-order valence-electron chi connectivity index (χ1n) is 4.78. The SMILES string of the molecule is COc1cccc(S(=O)(=O)Nc2ncc[nH]2)c1. The van der Waals surface area contributed by atoms with Gasteiger partial charge in [0.15, 0.2) is 0 Å². The summed E-state index contributed by atoms with van der Waals surface area (Å²) in [4.78, 5) is 6.57. The second-order valence-corrected chi connectivity index (χ2v) is 4.90. The minimum absolute atomic E-state index is 0.119. The number of sulfonamides is 1. The zero-order valence-electron chi connectivity index (χ0n) is 9.04. The molecule has 0 fully saturated rings. The Hall–Kier alpha value is -2.02. The van der Waals surface area contributed by atoms with Crippen LogP contribution in [0.25, 0.3) is 0 Å². The van der Waals surface area contributed by atoms with Gasteiger partial charge in [0.05, 0.1) is 12.0 Å². The number of aromatic nitrogens is 2. The molecular formula is C10H11N3O3S. The van der Waals surface area contributed by atoms with Crippen LogP contribution in [0.2, 0.25) is 0 Å². The maximum Gasteiger partial charge on any atom is 0.264 e. The number of H-pyrrole nitrogens is 1. The van der Waals surface area contributed by atoms with Gasteiger partial charge < -0.3 is 9.72 Å². The summed E-state index contributed by atoms with van der Waals surface area (Å²) < 4.78 is 31.2. The van der Waals surface area contributed by atoms with Crippen molar-refractivity contribution < 1.29 is 13.2 Å². The van der Waals surface area contributed by atoms with Crippen LogP contribution in [0.5, 0.6) is 5.75 Å². The van der Waals surface area contributed by atoms with E-state index < -0.39 is 10.0 Å². The number of rotatable bonds is 4. The molecule has 0 bridgehead atoms. The van der Waals surface area contributed by atoms with Gasteiger partial charge in [0.25, 0.3) is 10.0 Å². The number of anilines is 1. The summed E-state index contributed by atoms with van der Waals surface area (Å²) in [6.45, 7) is 0. The first-order valence-corrected chi connectivity index (χ1v) is 6.26. The van der Waals surface area contributed by atoms with Crippen molar-refractivity contribution in [3.63, 3.8) is 0 Å². The summed E-state index contributed by atoms with van der Waals surface area (Å²) in [6, 6.07) is 6.19. The molecule has 0 amide bonds. The maximum atomic E-state index is 11.9. The number of nitrogens with one attached hydrogen (secondary N) is 2. The molecule has 1 aromatic carbocycles. The van der Waals surface area contributed by atoms with E-state index in [0.29, 0.717) is 5.75 Å². The smallest absolute Gasteiger partial charge is 0.264 e. The van der Waals surface area contributed by atoms with Crippen molar-refractivity contribution in [2.75, 3.05) is 11.8 Å². The number of hydrogen-bond acceptors (Lipinski definition) is 4. The maximum absolute atomic E-state index is 11.9. The van der Waals surface area contributed by atoms with Gasteiger partial charge in [-0.3, -0.25) is 0 Å². The first kappa shape index (κ1) is 11.5. The lowest BCUT2D eigenvalue weighted by Gasteiger charge is -2.06. The van der Waals surface area contributed by atoms with Crippen molar-refractivity contribution in [1.29, 1.82) is 0 Å². The molecule has 0 saturated carbocycles. The third kappa shape index (κ3) is 2.56. The minimum atomic E-state index is -3.64. The van der Waals surface area contributed by atoms with Crippen molar-refractivity contribution in [3.8, 4) is 5.75 Å². The molecule has 0 aliphatic rings. The van der Waals surface area contributed by atoms with E-state index in [4.69, 9.17) is 4.74 Å². The van der Waals surface area contributed by atoms with E-state index in [0.717, 1.165) is 0 Å². The molecule has 0 atom stereocenters. The molecule has 0 saturated heterocycles. The van der Waals surface area contributed by atoms with Crippen LogP contribution < -0.4 is 9.46 Å². The highest BCUT2D eigenvalue weighted by Crippen LogP contribution is 2.18. The van der Waals surface area contributed by atoms with Crippen LogP contribution in [0.1, 0.15) is 0 Å². The van der Waals surface area contributed by atoms with Gasteiger partial charge in [-0.25, -0.2) is 18.1 Å². The van der Waals surface area contributed by atoms with Crippen LogP contribution in [0.3, 0.4) is 0 Å². The van der Waals surface area contributed by atoms with E-state index in [-0.39, 0.29) is 10.8 Å². The van der Waals surface area contributed by atoms with E-state index in [2.05, 4.69) is 14.7 Å². The van der Waals surface area contributed by atoms with E-state index >= 15 is 0 Å². The number of benzene rings is 1. The number of ether oxygens (including phenoxy) is 1. The summed E-state index contributed by atoms with van der Waals surface area (Å²) in [6.07, 6.45) is 2.99. The average molecular weight is 253 g/mol. The minimum Gasteiger partial charge on any atom is -0.497 e. The largest absolute Gasteiger partial charge is 0.497 e. The molecule has 0 unspecified atom stereocenters. The topological polar surface area (TPSA) is 84.1 Å². The van der Waals surface area contributed by atoms with E-state index in [9.17, 15) is 8.42 Å². The molecule has 0 radical (unpaired) electrons. The summed E-state index contributed by atoms with van der Waals surface area (Å²) in [7, 11) is -2.16. The number of imidazole rings is 1. The van der Waals surface area contributed by atoms with Crippen LogP contribution in [-0.4, -0.2) is 25.5 Å². The molecule has 1 aromatic heterocycles. The van der Waals surface area contributed by atoms with Gasteiger partial charge in [0, 0.05) is 18.5 Å². The second-order valence-electron chi connectivity index (χ2n) is 3.22. The van der Waals surface area contributed by atoms with E-state index in [1.807, 2.05) is 0 Å². The Bertz CT molecular complexity index is 593. The molecule has 0 spiro atoms. The Morgan fingerprint density at radius 1 is 1.41 bits per heavy atom. The predicted octanol–water partition coefficient (Wildman–Crippen LogP) is 1.22. The number of nitrogens with zero attached hydrogens (tertiary/aromatic N) is 1. The lowest BCUT2D eigenvalue weighted by atomic mass is 10.3. The number of hydrogen-bond donors (Lipinski definition) is 2. The molecule has 6 nitrogen and oxygen atoms in total. The Morgan fingerprint density at radius 2 is 2.24 bits per heavy atom. The molecule has 17 heavy (non-hydrogen) atoms. The first-order chi connectivity index (χ1) is 8.12. The summed E-state index contributed by atoms with van der Waals surface area (Å²) in [5, 5.41) is 0. The lowest BCUT2D eigenvalue weighted by Crippen LogP contribution is -2.13. The van der Waals surface area contributed by atoms with Crippen molar-refractivity contribution in [2.45, 2.75) is 4.90 Å². The molecule has 0 aliphatic carbocycles. The van der Waals surface area contributed by atoms with Gasteiger partial charge >= 0.3 is 0 Å². The van der Waals surface area contributed by atoms with Gasteiger partial charge in [0.2, 0.25) is 5.95 Å². The highest BCUT2D eigenvalue weighted by atomic mass is 32.2. The summed E-state index contributed by atoms with van der Waals surface area (Å²) in [5.41, 5.74) is 0. The fourth-order valence-corrected chi connectivity index (χ4v) is 2.29. The average Bonchev–Trinajstić information content (AvgIpc) is 2.81. The van der Waals surface area contributed by atoms with Gasteiger partial charge in [-0.1, -0.05) is 6.07 Å². The monoisotopic (exact) mass is 253 g/mol. The third-order valence-electron chi connectivity index (χ3n) is 2.08. The highest BCUT2D eigenvalue weighted by Gasteiger charge is 2.15. The Morgan fingerprint density at radius 3 is 2.88 bits per heavy atom. The number of methoxy groups -OCH3 is 1. The molecule has 0 aliphatic heterocycles. The zero-order valence-corrected chi connectivity index (χ0v) is 9.86. The normalized spacial score (nSPS) is 11.1. The van der Waals surface area contributed by atoms with Gasteiger partial charge in [-0.2, -0.15) is 0 Å². The van der Waals surface area contributed by atoms with Crippen LogP contribution in [0, 0.1) is 0 Å². The Balaban J connectivity index is 2.31. The number of aromatic amines is 1. The van der Waals surface area contributed by atoms with Crippen molar-refractivity contribution in [2.24, 2.45) is 0 Å². The third-order valence-corrected chi connectivity index (χ3v) is 3.42. The van der Waals surface area contributed by atoms with Crippen LogP contribution in [0.4, 0.5) is 5.95 Å². The van der Waals surface area contributed by atoms with Gasteiger partial charge in [-0.15, -0.1) is 0 Å². The van der Waals surface area contributed by atoms with Crippen molar-refractivity contribution in [1.82, 2.24) is 9.97 Å². The standard InChI is InChI=1S/C10H11N3O3S/c1-16-8-3-2-4-9(7-8)17(14,15)13-10-11-5-6-12-10/h2-7H,1H3,(H2,11,12,13). The zero-order chi connectivity index (χ0) is 12.3. The van der Waals surface area contributed by atoms with Gasteiger partial charge in [-0.05, 0) is 12.1 Å². The second kappa shape index (κ2) is 4.46. The van der Waals surface area contributed by atoms with Crippen LogP contribution in [-0.2, 0) is 10.0 Å².